The van der Waals surface area contributed by atoms with Gasteiger partial charge in [0, 0.05) is 32.4 Å². The fourth-order valence-corrected chi connectivity index (χ4v) is 3.13. The summed E-state index contributed by atoms with van der Waals surface area (Å²) in [7, 11) is 0. The Bertz CT molecular complexity index is 791. The van der Waals surface area contributed by atoms with Crippen molar-refractivity contribution in [1.82, 2.24) is 19.2 Å². The van der Waals surface area contributed by atoms with E-state index in [9.17, 15) is 9.59 Å². The zero-order valence-electron chi connectivity index (χ0n) is 15.0. The van der Waals surface area contributed by atoms with Gasteiger partial charge in [-0.15, -0.1) is 0 Å². The Morgan fingerprint density at radius 3 is 2.44 bits per heavy atom. The van der Waals surface area contributed by atoms with Gasteiger partial charge >= 0.3 is 6.09 Å². The number of aryl methyl sites for hydroxylation is 2. The fourth-order valence-electron chi connectivity index (χ4n) is 3.13. The van der Waals surface area contributed by atoms with Gasteiger partial charge < -0.3 is 14.5 Å². The van der Waals surface area contributed by atoms with Crippen LogP contribution in [-0.4, -0.2) is 64.0 Å². The number of pyridine rings is 1. The number of carbonyl (C=O) groups is 2. The maximum atomic E-state index is 13.1. The number of piperazine rings is 1. The third-order valence-electron chi connectivity index (χ3n) is 4.47. The van der Waals surface area contributed by atoms with E-state index in [-0.39, 0.29) is 12.0 Å². The van der Waals surface area contributed by atoms with Gasteiger partial charge in [-0.2, -0.15) is 0 Å². The van der Waals surface area contributed by atoms with E-state index in [0.717, 1.165) is 16.9 Å². The van der Waals surface area contributed by atoms with Crippen LogP contribution in [0.4, 0.5) is 4.79 Å². The zero-order chi connectivity index (χ0) is 18.0. The second kappa shape index (κ2) is 7.13. The van der Waals surface area contributed by atoms with Gasteiger partial charge in [-0.3, -0.25) is 9.20 Å². The van der Waals surface area contributed by atoms with Crippen LogP contribution in [-0.2, 0) is 11.2 Å². The molecule has 0 spiro atoms. The Kier molecular flexibility index (Phi) is 4.92. The van der Waals surface area contributed by atoms with Crippen LogP contribution in [0.1, 0.15) is 35.6 Å². The monoisotopic (exact) mass is 344 g/mol. The molecule has 0 atom stereocenters. The van der Waals surface area contributed by atoms with E-state index in [1.54, 1.807) is 16.7 Å². The molecule has 0 aromatic carbocycles. The van der Waals surface area contributed by atoms with Gasteiger partial charge in [0.1, 0.15) is 11.3 Å². The van der Waals surface area contributed by atoms with Crippen LogP contribution in [0, 0.1) is 6.92 Å². The van der Waals surface area contributed by atoms with Crippen molar-refractivity contribution in [2.45, 2.75) is 27.2 Å². The van der Waals surface area contributed by atoms with Crippen LogP contribution in [0.15, 0.2) is 18.3 Å². The average molecular weight is 344 g/mol. The molecule has 1 aliphatic rings. The molecule has 7 nitrogen and oxygen atoms in total. The topological polar surface area (TPSA) is 67.2 Å². The predicted octanol–water partition coefficient (Wildman–Crippen LogP) is 2.12. The summed E-state index contributed by atoms with van der Waals surface area (Å²) in [4.78, 5) is 32.9. The molecule has 0 aliphatic carbocycles. The standard InChI is InChI=1S/C18H24N4O3/c1-4-14-16(22-12-13(3)6-7-15(22)19-14)17(23)20-8-10-21(11-9-20)18(24)25-5-2/h6-7,12H,4-5,8-11H2,1-3H3. The molecule has 1 saturated heterocycles. The quantitative estimate of drug-likeness (QED) is 0.855. The van der Waals surface area contributed by atoms with Crippen molar-refractivity contribution in [3.8, 4) is 0 Å². The summed E-state index contributed by atoms with van der Waals surface area (Å²) in [5.41, 5.74) is 3.30. The summed E-state index contributed by atoms with van der Waals surface area (Å²) in [6, 6.07) is 3.93. The summed E-state index contributed by atoms with van der Waals surface area (Å²) >= 11 is 0. The highest BCUT2D eigenvalue weighted by Crippen LogP contribution is 2.18. The first-order chi connectivity index (χ1) is 12.0. The van der Waals surface area contributed by atoms with E-state index < -0.39 is 0 Å². The third kappa shape index (κ3) is 3.31. The first kappa shape index (κ1) is 17.3. The number of ether oxygens (including phenoxy) is 1. The highest BCUT2D eigenvalue weighted by Gasteiger charge is 2.28. The molecular weight excluding hydrogens is 320 g/mol. The number of amides is 2. The van der Waals surface area contributed by atoms with Gasteiger partial charge in [-0.1, -0.05) is 13.0 Å². The minimum Gasteiger partial charge on any atom is -0.450 e. The molecule has 0 bridgehead atoms. The molecule has 7 heteroatoms. The van der Waals surface area contributed by atoms with Crippen LogP contribution in [0.25, 0.3) is 5.65 Å². The largest absolute Gasteiger partial charge is 0.450 e. The van der Waals surface area contributed by atoms with Crippen LogP contribution in [0.5, 0.6) is 0 Å². The number of hydrogen-bond donors (Lipinski definition) is 0. The van der Waals surface area contributed by atoms with Crippen molar-refractivity contribution in [1.29, 1.82) is 0 Å². The van der Waals surface area contributed by atoms with Gasteiger partial charge in [0.25, 0.3) is 5.91 Å². The highest BCUT2D eigenvalue weighted by atomic mass is 16.6. The molecular formula is C18H24N4O3. The van der Waals surface area contributed by atoms with Crippen LogP contribution >= 0.6 is 0 Å². The van der Waals surface area contributed by atoms with Gasteiger partial charge in [0.05, 0.1) is 12.3 Å². The summed E-state index contributed by atoms with van der Waals surface area (Å²) in [6.07, 6.45) is 2.34. The smallest absolute Gasteiger partial charge is 0.409 e. The van der Waals surface area contributed by atoms with Crippen LogP contribution in [0.3, 0.4) is 0 Å². The lowest BCUT2D eigenvalue weighted by molar-refractivity contribution is 0.0564. The zero-order valence-corrected chi connectivity index (χ0v) is 15.0. The SMILES string of the molecule is CCOC(=O)N1CCN(C(=O)c2c(CC)nc3ccc(C)cn23)CC1. The maximum absolute atomic E-state index is 13.1. The van der Waals surface area contributed by atoms with E-state index in [2.05, 4.69) is 4.98 Å². The van der Waals surface area contributed by atoms with Gasteiger partial charge in [0.15, 0.2) is 0 Å². The highest BCUT2D eigenvalue weighted by molar-refractivity contribution is 5.95. The molecule has 0 N–H and O–H groups in total. The van der Waals surface area contributed by atoms with Crippen molar-refractivity contribution in [3.05, 3.63) is 35.3 Å². The van der Waals surface area contributed by atoms with E-state index in [0.29, 0.717) is 44.9 Å². The van der Waals surface area contributed by atoms with E-state index >= 15 is 0 Å². The number of imidazole rings is 1. The minimum atomic E-state index is -0.311. The van der Waals surface area contributed by atoms with E-state index in [4.69, 9.17) is 4.74 Å². The second-order valence-electron chi connectivity index (χ2n) is 6.17. The first-order valence-corrected chi connectivity index (χ1v) is 8.73. The Morgan fingerprint density at radius 2 is 1.80 bits per heavy atom. The number of nitrogens with zero attached hydrogens (tertiary/aromatic N) is 4. The first-order valence-electron chi connectivity index (χ1n) is 8.73. The lowest BCUT2D eigenvalue weighted by Gasteiger charge is -2.34. The summed E-state index contributed by atoms with van der Waals surface area (Å²) in [5, 5.41) is 0. The van der Waals surface area contributed by atoms with Gasteiger partial charge in [-0.05, 0) is 31.9 Å². The summed E-state index contributed by atoms with van der Waals surface area (Å²) in [6.45, 7) is 8.13. The molecule has 0 saturated carbocycles. The number of carbonyl (C=O) groups excluding carboxylic acids is 2. The normalized spacial score (nSPS) is 14.8. The Labute approximate surface area is 147 Å². The van der Waals surface area contributed by atoms with E-state index in [1.165, 1.54) is 0 Å². The van der Waals surface area contributed by atoms with Crippen molar-refractivity contribution in [2.75, 3.05) is 32.8 Å². The molecule has 1 aliphatic heterocycles. The minimum absolute atomic E-state index is 0.0292. The molecule has 3 rings (SSSR count). The lowest BCUT2D eigenvalue weighted by Crippen LogP contribution is -2.51. The van der Waals surface area contributed by atoms with Crippen molar-refractivity contribution >= 4 is 17.6 Å². The molecule has 2 amide bonds. The molecule has 1 fully saturated rings. The Balaban J connectivity index is 1.81. The molecule has 2 aromatic heterocycles. The van der Waals surface area contributed by atoms with E-state index in [1.807, 2.05) is 36.6 Å². The van der Waals surface area contributed by atoms with Crippen molar-refractivity contribution in [2.24, 2.45) is 0 Å². The second-order valence-corrected chi connectivity index (χ2v) is 6.17. The molecule has 0 unspecified atom stereocenters. The fraction of sp³-hybridized carbons (Fsp3) is 0.500. The Morgan fingerprint density at radius 1 is 1.12 bits per heavy atom. The number of aromatic nitrogens is 2. The molecule has 3 heterocycles. The van der Waals surface area contributed by atoms with Gasteiger partial charge in [0.2, 0.25) is 0 Å². The summed E-state index contributed by atoms with van der Waals surface area (Å²) in [5.74, 6) is -0.0292. The van der Waals surface area contributed by atoms with Crippen molar-refractivity contribution < 1.29 is 14.3 Å². The van der Waals surface area contributed by atoms with Crippen LogP contribution < -0.4 is 0 Å². The average Bonchev–Trinajstić information content (AvgIpc) is 2.99. The molecule has 2 aromatic rings. The van der Waals surface area contributed by atoms with Gasteiger partial charge in [-0.25, -0.2) is 9.78 Å². The predicted molar refractivity (Wildman–Crippen MR) is 93.8 cm³/mol. The molecule has 134 valence electrons. The Hall–Kier alpha value is -2.57. The van der Waals surface area contributed by atoms with Crippen LogP contribution in [0.2, 0.25) is 0 Å². The number of hydrogen-bond acceptors (Lipinski definition) is 4. The van der Waals surface area contributed by atoms with Crippen molar-refractivity contribution in [3.63, 3.8) is 0 Å². The summed E-state index contributed by atoms with van der Waals surface area (Å²) < 4.78 is 6.91. The molecule has 0 radical (unpaired) electrons. The lowest BCUT2D eigenvalue weighted by atomic mass is 10.2. The maximum Gasteiger partial charge on any atom is 0.409 e. The third-order valence-corrected chi connectivity index (χ3v) is 4.47. The molecule has 25 heavy (non-hydrogen) atoms. The number of rotatable bonds is 3. The number of fused-ring (bicyclic) bond motifs is 1.